The van der Waals surface area contributed by atoms with Crippen LogP contribution < -0.4 is 10.6 Å². The van der Waals surface area contributed by atoms with Gasteiger partial charge >= 0.3 is 0 Å². The Bertz CT molecular complexity index is 792. The Labute approximate surface area is 155 Å². The fourth-order valence-corrected chi connectivity index (χ4v) is 2.51. The van der Waals surface area contributed by atoms with Gasteiger partial charge in [-0.2, -0.15) is 0 Å². The van der Waals surface area contributed by atoms with Crippen LogP contribution in [0.15, 0.2) is 42.5 Å². The molecule has 0 saturated heterocycles. The zero-order valence-corrected chi connectivity index (χ0v) is 16.1. The van der Waals surface area contributed by atoms with E-state index in [-0.39, 0.29) is 28.6 Å². The fraction of sp³-hybridized carbons (Fsp3) is 0.381. The molecule has 2 aromatic rings. The zero-order valence-electron chi connectivity index (χ0n) is 16.1. The van der Waals surface area contributed by atoms with E-state index in [1.807, 2.05) is 38.1 Å². The summed E-state index contributed by atoms with van der Waals surface area (Å²) in [4.78, 5) is 29.0. The maximum atomic E-state index is 12.6. The van der Waals surface area contributed by atoms with Gasteiger partial charge < -0.3 is 10.6 Å². The van der Waals surface area contributed by atoms with E-state index in [4.69, 9.17) is 0 Å². The Kier molecular flexibility index (Phi) is 6.14. The molecule has 138 valence electrons. The molecule has 0 aliphatic rings. The third-order valence-electron chi connectivity index (χ3n) is 3.87. The molecule has 5 nitrogen and oxygen atoms in total. The molecule has 1 aromatic carbocycles. The lowest BCUT2D eigenvalue weighted by atomic mass is 9.86. The van der Waals surface area contributed by atoms with E-state index in [2.05, 4.69) is 36.4 Å². The number of carbonyl (C=O) groups is 2. The Morgan fingerprint density at radius 3 is 2.19 bits per heavy atom. The number of hydrogen-bond acceptors (Lipinski definition) is 3. The van der Waals surface area contributed by atoms with Crippen molar-refractivity contribution >= 4 is 17.5 Å². The molecule has 0 radical (unpaired) electrons. The second-order valence-corrected chi connectivity index (χ2v) is 7.76. The smallest absolute Gasteiger partial charge is 0.274 e. The van der Waals surface area contributed by atoms with Crippen LogP contribution in [-0.2, 0) is 5.41 Å². The van der Waals surface area contributed by atoms with E-state index < -0.39 is 0 Å². The minimum absolute atomic E-state index is 0.101. The molecule has 0 atom stereocenters. The van der Waals surface area contributed by atoms with Gasteiger partial charge in [0.05, 0.1) is 0 Å². The van der Waals surface area contributed by atoms with Crippen LogP contribution in [-0.4, -0.2) is 23.3 Å². The number of pyridine rings is 1. The molecule has 2 N–H and O–H groups in total. The van der Waals surface area contributed by atoms with E-state index in [0.29, 0.717) is 12.5 Å². The van der Waals surface area contributed by atoms with Crippen molar-refractivity contribution in [2.75, 3.05) is 11.9 Å². The number of amides is 2. The number of anilines is 1. The molecule has 0 fully saturated rings. The molecule has 0 aliphatic carbocycles. The molecule has 5 heteroatoms. The summed E-state index contributed by atoms with van der Waals surface area (Å²) in [6.45, 7) is 10.9. The topological polar surface area (TPSA) is 71.1 Å². The molecule has 0 spiro atoms. The van der Waals surface area contributed by atoms with Gasteiger partial charge in [-0.05, 0) is 35.1 Å². The number of para-hydroxylation sites is 1. The van der Waals surface area contributed by atoms with Gasteiger partial charge in [0.1, 0.15) is 11.4 Å². The molecule has 1 aromatic heterocycles. The minimum Gasteiger partial charge on any atom is -0.350 e. The minimum atomic E-state index is -0.333. The molecule has 2 amide bonds. The number of nitrogens with zero attached hydrogens (tertiary/aromatic N) is 1. The third kappa shape index (κ3) is 5.15. The van der Waals surface area contributed by atoms with Crippen LogP contribution in [0.3, 0.4) is 0 Å². The van der Waals surface area contributed by atoms with Crippen molar-refractivity contribution in [1.82, 2.24) is 10.3 Å². The van der Waals surface area contributed by atoms with Crippen molar-refractivity contribution in [2.24, 2.45) is 5.92 Å². The molecular weight excluding hydrogens is 326 g/mol. The molecular formula is C21H27N3O2. The predicted octanol–water partition coefficient (Wildman–Crippen LogP) is 4.02. The molecule has 1 heterocycles. The van der Waals surface area contributed by atoms with Gasteiger partial charge in [0, 0.05) is 12.2 Å². The van der Waals surface area contributed by atoms with Gasteiger partial charge in [-0.1, -0.05) is 58.9 Å². The summed E-state index contributed by atoms with van der Waals surface area (Å²) < 4.78 is 0. The van der Waals surface area contributed by atoms with E-state index in [1.165, 1.54) is 0 Å². The van der Waals surface area contributed by atoms with Gasteiger partial charge in [-0.3, -0.25) is 9.59 Å². The van der Waals surface area contributed by atoms with Crippen LogP contribution in [0, 0.1) is 5.92 Å². The monoisotopic (exact) mass is 353 g/mol. The van der Waals surface area contributed by atoms with Crippen LogP contribution in [0.1, 0.15) is 61.2 Å². The highest BCUT2D eigenvalue weighted by Crippen LogP contribution is 2.29. The number of hydrogen-bond donors (Lipinski definition) is 2. The largest absolute Gasteiger partial charge is 0.350 e. The predicted molar refractivity (Wildman–Crippen MR) is 105 cm³/mol. The second-order valence-electron chi connectivity index (χ2n) is 7.76. The fourth-order valence-electron chi connectivity index (χ4n) is 2.51. The lowest BCUT2D eigenvalue weighted by Gasteiger charge is -2.22. The summed E-state index contributed by atoms with van der Waals surface area (Å²) in [6.07, 6.45) is 0. The first-order valence-corrected chi connectivity index (χ1v) is 8.84. The number of rotatable bonds is 5. The summed E-state index contributed by atoms with van der Waals surface area (Å²) in [5.41, 5.74) is 2.14. The Balaban J connectivity index is 2.19. The van der Waals surface area contributed by atoms with Crippen LogP contribution in [0.25, 0.3) is 0 Å². The summed E-state index contributed by atoms with van der Waals surface area (Å²) >= 11 is 0. The van der Waals surface area contributed by atoms with E-state index in [0.717, 1.165) is 11.3 Å². The summed E-state index contributed by atoms with van der Waals surface area (Å²) in [5, 5.41) is 5.73. The first kappa shape index (κ1) is 19.6. The van der Waals surface area contributed by atoms with Crippen LogP contribution >= 0.6 is 0 Å². The van der Waals surface area contributed by atoms with Gasteiger partial charge in [0.2, 0.25) is 0 Å². The van der Waals surface area contributed by atoms with E-state index in [1.54, 1.807) is 18.2 Å². The molecule has 26 heavy (non-hydrogen) atoms. The normalized spacial score (nSPS) is 11.3. The second kappa shape index (κ2) is 8.13. The van der Waals surface area contributed by atoms with Crippen LogP contribution in [0.5, 0.6) is 0 Å². The van der Waals surface area contributed by atoms with Crippen LogP contribution in [0.2, 0.25) is 0 Å². The van der Waals surface area contributed by atoms with Crippen LogP contribution in [0.4, 0.5) is 5.69 Å². The van der Waals surface area contributed by atoms with Gasteiger partial charge in [-0.15, -0.1) is 0 Å². The van der Waals surface area contributed by atoms with Crippen molar-refractivity contribution in [1.29, 1.82) is 0 Å². The first-order chi connectivity index (χ1) is 12.2. The van der Waals surface area contributed by atoms with Gasteiger partial charge in [0.25, 0.3) is 11.8 Å². The molecule has 0 bridgehead atoms. The lowest BCUT2D eigenvalue weighted by molar-refractivity contribution is 0.0944. The number of nitrogens with one attached hydrogen (secondary N) is 2. The van der Waals surface area contributed by atoms with Crippen molar-refractivity contribution in [2.45, 2.75) is 40.0 Å². The average molecular weight is 353 g/mol. The maximum absolute atomic E-state index is 12.6. The van der Waals surface area contributed by atoms with Crippen molar-refractivity contribution in [3.8, 4) is 0 Å². The van der Waals surface area contributed by atoms with E-state index >= 15 is 0 Å². The quantitative estimate of drug-likeness (QED) is 0.853. The standard InChI is InChI=1S/C21H27N3O2/c1-14(2)13-22-19(25)17-11-8-12-18(23-17)20(26)24-16-10-7-6-9-15(16)21(3,4)5/h6-12,14H,13H2,1-5H3,(H,22,25)(H,24,26). The zero-order chi connectivity index (χ0) is 19.3. The average Bonchev–Trinajstić information content (AvgIpc) is 2.59. The number of carbonyl (C=O) groups excluding carboxylic acids is 2. The first-order valence-electron chi connectivity index (χ1n) is 8.84. The highest BCUT2D eigenvalue weighted by molar-refractivity contribution is 6.04. The maximum Gasteiger partial charge on any atom is 0.274 e. The SMILES string of the molecule is CC(C)CNC(=O)c1cccc(C(=O)Nc2ccccc2C(C)(C)C)n1. The molecule has 0 unspecified atom stereocenters. The third-order valence-corrected chi connectivity index (χ3v) is 3.87. The van der Waals surface area contributed by atoms with Crippen molar-refractivity contribution in [3.63, 3.8) is 0 Å². The highest BCUT2D eigenvalue weighted by Gasteiger charge is 2.19. The van der Waals surface area contributed by atoms with Crippen molar-refractivity contribution in [3.05, 3.63) is 59.4 Å². The Morgan fingerprint density at radius 2 is 1.58 bits per heavy atom. The van der Waals surface area contributed by atoms with Gasteiger partial charge in [0.15, 0.2) is 0 Å². The molecule has 2 rings (SSSR count). The number of aromatic nitrogens is 1. The molecule has 0 saturated carbocycles. The Hall–Kier alpha value is -2.69. The highest BCUT2D eigenvalue weighted by atomic mass is 16.2. The van der Waals surface area contributed by atoms with Gasteiger partial charge in [-0.25, -0.2) is 4.98 Å². The Morgan fingerprint density at radius 1 is 0.962 bits per heavy atom. The van der Waals surface area contributed by atoms with Crippen molar-refractivity contribution < 1.29 is 9.59 Å². The lowest BCUT2D eigenvalue weighted by Crippen LogP contribution is -2.28. The number of benzene rings is 1. The summed E-state index contributed by atoms with van der Waals surface area (Å²) in [5.74, 6) is -0.261. The molecule has 0 aliphatic heterocycles. The summed E-state index contributed by atoms with van der Waals surface area (Å²) in [6, 6.07) is 12.6. The summed E-state index contributed by atoms with van der Waals surface area (Å²) in [7, 11) is 0. The van der Waals surface area contributed by atoms with E-state index in [9.17, 15) is 9.59 Å².